The van der Waals surface area contributed by atoms with Crippen LogP contribution < -0.4 is 0 Å². The molecule has 1 N–H and O–H groups in total. The van der Waals surface area contributed by atoms with Crippen LogP contribution in [0.1, 0.15) is 43.4 Å². The van der Waals surface area contributed by atoms with Crippen molar-refractivity contribution in [3.8, 4) is 0 Å². The Kier molecular flexibility index (Phi) is 4.37. The van der Waals surface area contributed by atoms with Crippen molar-refractivity contribution in [1.29, 1.82) is 0 Å². The molecule has 5 nitrogen and oxygen atoms in total. The van der Waals surface area contributed by atoms with E-state index in [1.807, 2.05) is 35.0 Å². The summed E-state index contributed by atoms with van der Waals surface area (Å²) < 4.78 is 1.99. The zero-order chi connectivity index (χ0) is 16.4. The largest absolute Gasteiger partial charge is 0.385 e. The van der Waals surface area contributed by atoms with Crippen molar-refractivity contribution in [3.63, 3.8) is 0 Å². The molecule has 1 saturated carbocycles. The Morgan fingerprint density at radius 2 is 1.96 bits per heavy atom. The summed E-state index contributed by atoms with van der Waals surface area (Å²) >= 11 is 0. The van der Waals surface area contributed by atoms with Crippen molar-refractivity contribution < 1.29 is 5.11 Å². The Labute approximate surface area is 143 Å². The maximum absolute atomic E-state index is 11.1. The van der Waals surface area contributed by atoms with Crippen LogP contribution in [0.3, 0.4) is 0 Å². The first-order chi connectivity index (χ1) is 11.7. The van der Waals surface area contributed by atoms with Gasteiger partial charge in [-0.25, -0.2) is 0 Å². The third-order valence-corrected chi connectivity index (χ3v) is 5.33. The van der Waals surface area contributed by atoms with Gasteiger partial charge >= 0.3 is 0 Å². The van der Waals surface area contributed by atoms with Crippen molar-refractivity contribution in [2.45, 2.75) is 50.8 Å². The molecule has 5 heteroatoms. The average Bonchev–Trinajstić information content (AvgIpc) is 3.34. The lowest BCUT2D eigenvalue weighted by atomic mass is 9.87. The van der Waals surface area contributed by atoms with E-state index < -0.39 is 5.60 Å². The fraction of sp³-hybridized carbons (Fsp3) is 0.579. The molecule has 0 amide bonds. The van der Waals surface area contributed by atoms with Crippen LogP contribution in [0.5, 0.6) is 0 Å². The van der Waals surface area contributed by atoms with Crippen LogP contribution in [-0.2, 0) is 18.7 Å². The van der Waals surface area contributed by atoms with Gasteiger partial charge in [0.25, 0.3) is 0 Å². The Morgan fingerprint density at radius 3 is 2.75 bits per heavy atom. The number of hydrogen-bond donors (Lipinski definition) is 1. The minimum atomic E-state index is -0.695. The highest BCUT2D eigenvalue weighted by atomic mass is 16.3. The summed E-state index contributed by atoms with van der Waals surface area (Å²) in [5.41, 5.74) is 1.39. The van der Waals surface area contributed by atoms with Crippen LogP contribution in [0.2, 0.25) is 0 Å². The van der Waals surface area contributed by atoms with E-state index in [4.69, 9.17) is 0 Å². The topological polar surface area (TPSA) is 54.2 Å². The number of benzene rings is 1. The smallest absolute Gasteiger partial charge is 0.0967 e. The maximum Gasteiger partial charge on any atom is 0.0967 e. The number of nitrogens with zero attached hydrogens (tertiary/aromatic N) is 4. The molecule has 1 atom stereocenters. The Balaban J connectivity index is 1.37. The Hall–Kier alpha value is -1.72. The number of aliphatic hydroxyl groups is 1. The van der Waals surface area contributed by atoms with Crippen molar-refractivity contribution in [2.24, 2.45) is 5.92 Å². The molecule has 2 aliphatic rings. The standard InChI is InChI=1S/C19H26N4O/c24-19(17-5-2-1-3-6-17)9-4-11-22(12-10-19)14-18-15-23(21-20-18)13-16-7-8-16/h1-3,5-6,15-16,24H,4,7-14H2. The summed E-state index contributed by atoms with van der Waals surface area (Å²) in [6.45, 7) is 3.74. The Morgan fingerprint density at radius 1 is 1.12 bits per heavy atom. The van der Waals surface area contributed by atoms with Gasteiger partial charge in [-0.15, -0.1) is 5.10 Å². The van der Waals surface area contributed by atoms with Crippen LogP contribution in [0.15, 0.2) is 36.5 Å². The maximum atomic E-state index is 11.1. The van der Waals surface area contributed by atoms with Gasteiger partial charge in [-0.2, -0.15) is 0 Å². The van der Waals surface area contributed by atoms with Gasteiger partial charge < -0.3 is 5.11 Å². The molecule has 2 aromatic rings. The van der Waals surface area contributed by atoms with Crippen LogP contribution in [0.4, 0.5) is 0 Å². The molecule has 128 valence electrons. The molecule has 1 saturated heterocycles. The predicted octanol–water partition coefficient (Wildman–Crippen LogP) is 2.56. The monoisotopic (exact) mass is 326 g/mol. The van der Waals surface area contributed by atoms with Gasteiger partial charge in [-0.3, -0.25) is 9.58 Å². The van der Waals surface area contributed by atoms with Crippen LogP contribution >= 0.6 is 0 Å². The molecule has 1 aliphatic heterocycles. The van der Waals surface area contributed by atoms with E-state index in [2.05, 4.69) is 21.4 Å². The highest BCUT2D eigenvalue weighted by Crippen LogP contribution is 2.33. The normalized spacial score (nSPS) is 25.5. The molecule has 0 spiro atoms. The fourth-order valence-corrected chi connectivity index (χ4v) is 3.66. The Bertz CT molecular complexity index is 667. The zero-order valence-corrected chi connectivity index (χ0v) is 14.1. The predicted molar refractivity (Wildman–Crippen MR) is 92.2 cm³/mol. The summed E-state index contributed by atoms with van der Waals surface area (Å²) in [6.07, 6.45) is 7.35. The summed E-state index contributed by atoms with van der Waals surface area (Å²) in [5.74, 6) is 0.818. The van der Waals surface area contributed by atoms with Crippen LogP contribution in [-0.4, -0.2) is 38.1 Å². The van der Waals surface area contributed by atoms with Crippen LogP contribution in [0.25, 0.3) is 0 Å². The first kappa shape index (κ1) is 15.8. The van der Waals surface area contributed by atoms with E-state index in [0.29, 0.717) is 0 Å². The van der Waals surface area contributed by atoms with Gasteiger partial charge in [0.05, 0.1) is 11.3 Å². The third kappa shape index (κ3) is 3.68. The fourth-order valence-electron chi connectivity index (χ4n) is 3.66. The van der Waals surface area contributed by atoms with E-state index in [0.717, 1.165) is 62.6 Å². The van der Waals surface area contributed by atoms with E-state index >= 15 is 0 Å². The van der Waals surface area contributed by atoms with E-state index in [9.17, 15) is 5.11 Å². The molecule has 0 radical (unpaired) electrons. The van der Waals surface area contributed by atoms with Gasteiger partial charge in [-0.1, -0.05) is 35.5 Å². The van der Waals surface area contributed by atoms with Crippen molar-refractivity contribution >= 4 is 0 Å². The first-order valence-corrected chi connectivity index (χ1v) is 9.11. The van der Waals surface area contributed by atoms with Gasteiger partial charge in [0.15, 0.2) is 0 Å². The molecule has 4 rings (SSSR count). The van der Waals surface area contributed by atoms with Gasteiger partial charge in [0.1, 0.15) is 0 Å². The van der Waals surface area contributed by atoms with Gasteiger partial charge in [0, 0.05) is 25.8 Å². The lowest BCUT2D eigenvalue weighted by Crippen LogP contribution is -2.29. The summed E-state index contributed by atoms with van der Waals surface area (Å²) in [7, 11) is 0. The zero-order valence-electron chi connectivity index (χ0n) is 14.1. The molecule has 2 heterocycles. The number of hydrogen-bond acceptors (Lipinski definition) is 4. The molecular weight excluding hydrogens is 300 g/mol. The molecule has 2 fully saturated rings. The molecule has 1 unspecified atom stereocenters. The van der Waals surface area contributed by atoms with Crippen molar-refractivity contribution in [3.05, 3.63) is 47.8 Å². The van der Waals surface area contributed by atoms with Gasteiger partial charge in [0.2, 0.25) is 0 Å². The lowest BCUT2D eigenvalue weighted by molar-refractivity contribution is 0.0210. The second kappa shape index (κ2) is 6.65. The van der Waals surface area contributed by atoms with Crippen molar-refractivity contribution in [1.82, 2.24) is 19.9 Å². The summed E-state index contributed by atoms with van der Waals surface area (Å²) in [5, 5.41) is 19.6. The summed E-state index contributed by atoms with van der Waals surface area (Å²) in [6, 6.07) is 10.1. The molecule has 1 aromatic carbocycles. The average molecular weight is 326 g/mol. The number of likely N-dealkylation sites (tertiary alicyclic amines) is 1. The van der Waals surface area contributed by atoms with Gasteiger partial charge in [-0.05, 0) is 50.1 Å². The molecule has 0 bridgehead atoms. The van der Waals surface area contributed by atoms with E-state index in [-0.39, 0.29) is 0 Å². The second-order valence-corrected chi connectivity index (χ2v) is 7.40. The highest BCUT2D eigenvalue weighted by molar-refractivity contribution is 5.22. The first-order valence-electron chi connectivity index (χ1n) is 9.11. The van der Waals surface area contributed by atoms with E-state index in [1.54, 1.807) is 0 Å². The molecule has 24 heavy (non-hydrogen) atoms. The number of rotatable bonds is 5. The molecule has 1 aliphatic carbocycles. The minimum absolute atomic E-state index is 0.695. The quantitative estimate of drug-likeness (QED) is 0.917. The SMILES string of the molecule is OC1(c2ccccc2)CCCN(Cc2cn(CC3CC3)nn2)CC1. The second-order valence-electron chi connectivity index (χ2n) is 7.40. The highest BCUT2D eigenvalue weighted by Gasteiger charge is 2.32. The number of aromatic nitrogens is 3. The van der Waals surface area contributed by atoms with E-state index in [1.165, 1.54) is 12.8 Å². The lowest BCUT2D eigenvalue weighted by Gasteiger charge is -2.27. The summed E-state index contributed by atoms with van der Waals surface area (Å²) in [4.78, 5) is 2.40. The molecular formula is C19H26N4O. The third-order valence-electron chi connectivity index (χ3n) is 5.33. The van der Waals surface area contributed by atoms with Crippen LogP contribution in [0, 0.1) is 5.92 Å². The minimum Gasteiger partial charge on any atom is -0.385 e. The molecule has 1 aromatic heterocycles. The van der Waals surface area contributed by atoms with Crippen molar-refractivity contribution in [2.75, 3.05) is 13.1 Å².